The van der Waals surface area contributed by atoms with Crippen molar-refractivity contribution in [1.82, 2.24) is 36.8 Å². The van der Waals surface area contributed by atoms with Gasteiger partial charge in [-0.15, -0.1) is 0 Å². The van der Waals surface area contributed by atoms with Gasteiger partial charge >= 0.3 is 5.97 Å². The van der Waals surface area contributed by atoms with Gasteiger partial charge in [0.05, 0.1) is 19.3 Å². The molecular formula is C42H67N13O14. The molecule has 27 heteroatoms. The van der Waals surface area contributed by atoms with Crippen molar-refractivity contribution in [1.29, 1.82) is 0 Å². The first-order valence-electron chi connectivity index (χ1n) is 22.2. The predicted molar refractivity (Wildman–Crippen MR) is 244 cm³/mol. The molecule has 1 aliphatic heterocycles. The zero-order valence-electron chi connectivity index (χ0n) is 38.6. The number of rotatable bonds is 30. The topological polar surface area (TPSA) is 469 Å². The van der Waals surface area contributed by atoms with Crippen molar-refractivity contribution in [3.05, 3.63) is 29.8 Å². The van der Waals surface area contributed by atoms with Crippen molar-refractivity contribution in [3.63, 3.8) is 0 Å². The number of likely N-dealkylation sites (tertiary alicyclic amines) is 1. The number of phenols is 1. The maximum Gasteiger partial charge on any atom is 0.326 e. The van der Waals surface area contributed by atoms with E-state index in [1.807, 2.05) is 0 Å². The summed E-state index contributed by atoms with van der Waals surface area (Å²) in [5.74, 6) is -10.1. The van der Waals surface area contributed by atoms with Gasteiger partial charge in [0.15, 0.2) is 5.96 Å². The van der Waals surface area contributed by atoms with Gasteiger partial charge in [0, 0.05) is 32.4 Å². The van der Waals surface area contributed by atoms with Crippen LogP contribution in [0, 0.1) is 5.92 Å². The number of aliphatic imine (C=N–C) groups is 1. The summed E-state index contributed by atoms with van der Waals surface area (Å²) in [5, 5.41) is 54.2. The number of carboxylic acids is 1. The molecule has 27 nitrogen and oxygen atoms in total. The van der Waals surface area contributed by atoms with Crippen LogP contribution in [0.4, 0.5) is 0 Å². The minimum atomic E-state index is -1.84. The number of aromatic hydroxyl groups is 1. The lowest BCUT2D eigenvalue weighted by Gasteiger charge is -2.30. The lowest BCUT2D eigenvalue weighted by molar-refractivity contribution is -0.145. The minimum absolute atomic E-state index is 0.0406. The maximum absolute atomic E-state index is 14.2. The number of carbonyl (C=O) groups excluding carboxylic acids is 9. The largest absolute Gasteiger partial charge is 0.508 e. The van der Waals surface area contributed by atoms with Crippen LogP contribution in [0.15, 0.2) is 29.3 Å². The molecule has 20 N–H and O–H groups in total. The third-order valence-corrected chi connectivity index (χ3v) is 10.7. The number of carbonyl (C=O) groups is 10. The second-order valence-corrected chi connectivity index (χ2v) is 16.8. The Bertz CT molecular complexity index is 2000. The molecule has 384 valence electrons. The fourth-order valence-corrected chi connectivity index (χ4v) is 7.04. The number of aliphatic hydroxyl groups is 2. The second-order valence-electron chi connectivity index (χ2n) is 16.8. The minimum Gasteiger partial charge on any atom is -0.508 e. The van der Waals surface area contributed by atoms with Crippen molar-refractivity contribution in [2.45, 2.75) is 126 Å². The van der Waals surface area contributed by atoms with E-state index in [0.29, 0.717) is 12.0 Å². The van der Waals surface area contributed by atoms with E-state index in [4.69, 9.17) is 28.7 Å². The zero-order chi connectivity index (χ0) is 52.0. The molecule has 0 bridgehead atoms. The standard InChI is InChI=1S/C42H67N13O14/c1-21(2)17-28(41(68)69)52-39(66)31-6-4-16-55(31)40(67)27(18-22-7-9-23(58)10-8-22)51-37(64)29(19-56)54-38(65)30(20-57)53-35(62)25(5-3-15-48-42(46)47)50-36(63)26(12-14-33(45)60)49-34(61)24(43)11-13-32(44)59/h7-10,21,24-31,56-58H,3-6,11-20,43H2,1-2H3,(H2,44,59)(H2,45,60)(H,49,61)(H,50,63)(H,51,64)(H,52,66)(H,53,62)(H,54,65)(H,68,69)(H4,46,47,48)/t24-,25-,26-,27-,28-,29-,30-,31-/m0/s1. The van der Waals surface area contributed by atoms with Crippen molar-refractivity contribution in [2.24, 2.45) is 39.6 Å². The maximum atomic E-state index is 14.2. The molecule has 0 spiro atoms. The number of aliphatic carboxylic acids is 1. The average molecular weight is 978 g/mol. The lowest BCUT2D eigenvalue weighted by Crippen LogP contribution is -2.61. The van der Waals surface area contributed by atoms with E-state index in [-0.39, 0.29) is 82.1 Å². The van der Waals surface area contributed by atoms with Gasteiger partial charge in [-0.3, -0.25) is 48.1 Å². The van der Waals surface area contributed by atoms with E-state index in [0.717, 1.165) is 0 Å². The Kier molecular flexibility index (Phi) is 24.3. The molecule has 1 saturated heterocycles. The van der Waals surface area contributed by atoms with E-state index in [1.54, 1.807) is 13.8 Å². The molecule has 1 fully saturated rings. The van der Waals surface area contributed by atoms with Crippen LogP contribution in [-0.2, 0) is 54.4 Å². The molecule has 1 aromatic carbocycles. The summed E-state index contributed by atoms with van der Waals surface area (Å²) in [4.78, 5) is 135. The predicted octanol–water partition coefficient (Wildman–Crippen LogP) is -6.14. The first-order valence-corrected chi connectivity index (χ1v) is 22.2. The summed E-state index contributed by atoms with van der Waals surface area (Å²) in [7, 11) is 0. The van der Waals surface area contributed by atoms with Gasteiger partial charge in [-0.1, -0.05) is 26.0 Å². The molecule has 0 aromatic heterocycles. The monoisotopic (exact) mass is 977 g/mol. The number of aliphatic hydroxyl groups excluding tert-OH is 2. The van der Waals surface area contributed by atoms with Crippen molar-refractivity contribution >= 4 is 65.1 Å². The molecule has 0 aliphatic carbocycles. The molecule has 0 saturated carbocycles. The van der Waals surface area contributed by atoms with Gasteiger partial charge in [0.25, 0.3) is 0 Å². The Morgan fingerprint density at radius 2 is 1.17 bits per heavy atom. The Morgan fingerprint density at radius 1 is 0.681 bits per heavy atom. The average Bonchev–Trinajstić information content (AvgIpc) is 3.78. The number of amides is 9. The van der Waals surface area contributed by atoms with Gasteiger partial charge in [-0.25, -0.2) is 4.79 Å². The van der Waals surface area contributed by atoms with Crippen LogP contribution < -0.4 is 60.6 Å². The fourth-order valence-electron chi connectivity index (χ4n) is 7.04. The highest BCUT2D eigenvalue weighted by Gasteiger charge is 2.40. The molecule has 69 heavy (non-hydrogen) atoms. The molecule has 2 rings (SSSR count). The van der Waals surface area contributed by atoms with E-state index in [2.05, 4.69) is 36.9 Å². The summed E-state index contributed by atoms with van der Waals surface area (Å²) in [5.41, 5.74) is 27.5. The molecule has 0 unspecified atom stereocenters. The highest BCUT2D eigenvalue weighted by Crippen LogP contribution is 2.21. The number of hydrogen-bond acceptors (Lipinski definition) is 15. The highest BCUT2D eigenvalue weighted by molar-refractivity contribution is 5.98. The van der Waals surface area contributed by atoms with Crippen LogP contribution in [0.1, 0.15) is 77.2 Å². The van der Waals surface area contributed by atoms with E-state index < -0.39 is 127 Å². The molecule has 9 amide bonds. The Balaban J connectivity index is 2.33. The van der Waals surface area contributed by atoms with Crippen LogP contribution in [0.2, 0.25) is 0 Å². The van der Waals surface area contributed by atoms with Gasteiger partial charge in [0.1, 0.15) is 48.0 Å². The van der Waals surface area contributed by atoms with Crippen LogP contribution >= 0.6 is 0 Å². The Hall–Kier alpha value is -7.13. The third kappa shape index (κ3) is 20.3. The SMILES string of the molecule is CC(C)C[C@H](NC(=O)[C@@H]1CCCN1C(=O)[C@H](Cc1ccc(O)cc1)NC(=O)[C@H](CO)NC(=O)[C@H](CO)NC(=O)[C@H](CCCN=C(N)N)NC(=O)[C@H](CCC(N)=O)NC(=O)[C@@H](N)CCC(N)=O)C(=O)O. The highest BCUT2D eigenvalue weighted by atomic mass is 16.4. The quantitative estimate of drug-likeness (QED) is 0.0194. The number of carboxylic acid groups (broad SMARTS) is 1. The van der Waals surface area contributed by atoms with E-state index >= 15 is 0 Å². The van der Waals surface area contributed by atoms with Gasteiger partial charge in [0.2, 0.25) is 53.2 Å². The van der Waals surface area contributed by atoms with Crippen molar-refractivity contribution < 1.29 is 68.4 Å². The van der Waals surface area contributed by atoms with Crippen LogP contribution in [-0.4, -0.2) is 165 Å². The zero-order valence-corrected chi connectivity index (χ0v) is 38.6. The number of nitrogens with one attached hydrogen (secondary N) is 6. The van der Waals surface area contributed by atoms with Gasteiger partial charge in [-0.2, -0.15) is 0 Å². The fraction of sp³-hybridized carbons (Fsp3) is 0.595. The van der Waals surface area contributed by atoms with E-state index in [9.17, 15) is 68.4 Å². The van der Waals surface area contributed by atoms with Crippen LogP contribution in [0.5, 0.6) is 5.75 Å². The summed E-state index contributed by atoms with van der Waals surface area (Å²) in [6, 6.07) is -6.18. The number of phenolic OH excluding ortho intramolecular Hbond substituents is 1. The molecule has 8 atom stereocenters. The van der Waals surface area contributed by atoms with Gasteiger partial charge in [-0.05, 0) is 68.6 Å². The summed E-state index contributed by atoms with van der Waals surface area (Å²) in [6.07, 6.45) is -0.925. The molecular weight excluding hydrogens is 911 g/mol. The van der Waals surface area contributed by atoms with Crippen LogP contribution in [0.3, 0.4) is 0 Å². The summed E-state index contributed by atoms with van der Waals surface area (Å²) in [6.45, 7) is 1.42. The second kappa shape index (κ2) is 28.9. The van der Waals surface area contributed by atoms with Crippen molar-refractivity contribution in [3.8, 4) is 5.75 Å². The lowest BCUT2D eigenvalue weighted by atomic mass is 10.0. The van der Waals surface area contributed by atoms with Crippen molar-refractivity contribution in [2.75, 3.05) is 26.3 Å². The first-order chi connectivity index (χ1) is 32.5. The number of benzene rings is 1. The third-order valence-electron chi connectivity index (χ3n) is 10.7. The normalized spacial score (nSPS) is 16.3. The summed E-state index contributed by atoms with van der Waals surface area (Å²) < 4.78 is 0. The first kappa shape index (κ1) is 58.0. The number of hydrogen-bond donors (Lipinski definition) is 15. The van der Waals surface area contributed by atoms with E-state index in [1.165, 1.54) is 29.2 Å². The van der Waals surface area contributed by atoms with Gasteiger partial charge < -0.3 is 85.9 Å². The molecule has 1 heterocycles. The smallest absolute Gasteiger partial charge is 0.326 e. The Morgan fingerprint density at radius 3 is 1.68 bits per heavy atom. The Labute approximate surface area is 397 Å². The number of nitrogens with zero attached hydrogens (tertiary/aromatic N) is 2. The molecule has 1 aliphatic rings. The molecule has 0 radical (unpaired) electrons. The summed E-state index contributed by atoms with van der Waals surface area (Å²) >= 11 is 0. The number of guanidine groups is 1. The van der Waals surface area contributed by atoms with Crippen LogP contribution in [0.25, 0.3) is 0 Å². The number of primary amides is 2. The molecule has 1 aromatic rings. The number of nitrogens with two attached hydrogens (primary N) is 5.